The lowest BCUT2D eigenvalue weighted by molar-refractivity contribution is -0.137. The minimum Gasteiger partial charge on any atom is -0.463 e. The van der Waals surface area contributed by atoms with Crippen molar-refractivity contribution in [2.75, 3.05) is 19.8 Å². The van der Waals surface area contributed by atoms with Crippen molar-refractivity contribution >= 4 is 5.97 Å². The Bertz CT molecular complexity index is 224. The second-order valence-corrected chi connectivity index (χ2v) is 4.70. The van der Waals surface area contributed by atoms with E-state index in [9.17, 15) is 4.79 Å². The molecule has 0 rings (SSSR count). The van der Waals surface area contributed by atoms with Crippen LogP contribution in [0, 0.1) is 0 Å². The quantitative estimate of drug-likeness (QED) is 0.285. The molecule has 0 unspecified atom stereocenters. The van der Waals surface area contributed by atoms with E-state index in [0.29, 0.717) is 13.2 Å². The van der Waals surface area contributed by atoms with Gasteiger partial charge in [0.25, 0.3) is 0 Å². The zero-order valence-corrected chi connectivity index (χ0v) is 12.7. The number of hydrogen-bond acceptors (Lipinski definition) is 3. The van der Waals surface area contributed by atoms with Gasteiger partial charge in [-0.3, -0.25) is 0 Å². The van der Waals surface area contributed by atoms with Gasteiger partial charge in [0.05, 0.1) is 13.2 Å². The van der Waals surface area contributed by atoms with Crippen LogP contribution in [-0.2, 0) is 14.3 Å². The Labute approximate surface area is 118 Å². The molecule has 112 valence electrons. The molecule has 0 bridgehead atoms. The number of carbonyl (C=O) groups excluding carboxylic acids is 1. The fourth-order valence-corrected chi connectivity index (χ4v) is 1.82. The fraction of sp³-hybridized carbons (Fsp3) is 0.812. The Morgan fingerprint density at radius 1 is 0.947 bits per heavy atom. The fourth-order valence-electron chi connectivity index (χ4n) is 1.82. The van der Waals surface area contributed by atoms with Gasteiger partial charge < -0.3 is 9.47 Å². The highest BCUT2D eigenvalue weighted by Gasteiger charge is 1.93. The van der Waals surface area contributed by atoms with Crippen LogP contribution < -0.4 is 0 Å². The molecule has 0 aliphatic rings. The van der Waals surface area contributed by atoms with Crippen molar-refractivity contribution in [3.8, 4) is 0 Å². The molecular formula is C16H30O3. The van der Waals surface area contributed by atoms with Crippen molar-refractivity contribution in [1.82, 2.24) is 0 Å². The molecule has 0 aromatic heterocycles. The molecule has 0 aromatic rings. The molecule has 0 atom stereocenters. The largest absolute Gasteiger partial charge is 0.463 e. The van der Waals surface area contributed by atoms with E-state index in [1.807, 2.05) is 0 Å². The molecule has 0 saturated heterocycles. The van der Waals surface area contributed by atoms with Gasteiger partial charge in [0.1, 0.15) is 0 Å². The van der Waals surface area contributed by atoms with Crippen LogP contribution in [0.15, 0.2) is 12.2 Å². The predicted molar refractivity (Wildman–Crippen MR) is 79.2 cm³/mol. The van der Waals surface area contributed by atoms with Crippen LogP contribution in [0.5, 0.6) is 0 Å². The van der Waals surface area contributed by atoms with Crippen LogP contribution >= 0.6 is 0 Å². The van der Waals surface area contributed by atoms with Gasteiger partial charge in [0, 0.05) is 12.7 Å². The maximum absolute atomic E-state index is 11.0. The van der Waals surface area contributed by atoms with Crippen molar-refractivity contribution in [3.05, 3.63) is 12.2 Å². The lowest BCUT2D eigenvalue weighted by Crippen LogP contribution is -2.00. The topological polar surface area (TPSA) is 35.5 Å². The molecule has 0 N–H and O–H groups in total. The van der Waals surface area contributed by atoms with Crippen LogP contribution in [0.1, 0.15) is 65.2 Å². The Balaban J connectivity index is 3.12. The lowest BCUT2D eigenvalue weighted by Gasteiger charge is -2.02. The van der Waals surface area contributed by atoms with Gasteiger partial charge in [-0.25, -0.2) is 4.79 Å². The normalized spacial score (nSPS) is 11.1. The van der Waals surface area contributed by atoms with E-state index in [-0.39, 0.29) is 5.97 Å². The molecule has 0 heterocycles. The van der Waals surface area contributed by atoms with E-state index >= 15 is 0 Å². The predicted octanol–water partition coefficient (Wildman–Crippen LogP) is 4.26. The number of carbonyl (C=O) groups is 1. The van der Waals surface area contributed by atoms with Gasteiger partial charge >= 0.3 is 5.97 Å². The Morgan fingerprint density at radius 2 is 1.58 bits per heavy atom. The van der Waals surface area contributed by atoms with Gasteiger partial charge in [-0.2, -0.15) is 0 Å². The molecule has 3 heteroatoms. The molecule has 0 amide bonds. The number of ether oxygens (including phenoxy) is 2. The zero-order valence-electron chi connectivity index (χ0n) is 12.7. The molecule has 0 saturated carbocycles. The molecule has 3 nitrogen and oxygen atoms in total. The summed E-state index contributed by atoms with van der Waals surface area (Å²) in [4.78, 5) is 11.0. The number of esters is 1. The van der Waals surface area contributed by atoms with Crippen LogP contribution in [0.2, 0.25) is 0 Å². The lowest BCUT2D eigenvalue weighted by atomic mass is 10.1. The minimum atomic E-state index is -0.293. The summed E-state index contributed by atoms with van der Waals surface area (Å²) in [5, 5.41) is 0. The van der Waals surface area contributed by atoms with Crippen molar-refractivity contribution in [1.29, 1.82) is 0 Å². The van der Waals surface area contributed by atoms with Crippen LogP contribution in [-0.4, -0.2) is 25.8 Å². The molecule has 0 aliphatic heterocycles. The summed E-state index contributed by atoms with van der Waals surface area (Å²) in [6.45, 7) is 5.73. The van der Waals surface area contributed by atoms with Gasteiger partial charge in [-0.1, -0.05) is 57.9 Å². The second-order valence-electron chi connectivity index (χ2n) is 4.70. The highest BCUT2D eigenvalue weighted by Crippen LogP contribution is 2.08. The SMILES string of the molecule is CCCCCCCCCCOC/C=C/C(=O)OCC. The van der Waals surface area contributed by atoms with Gasteiger partial charge in [0.15, 0.2) is 0 Å². The van der Waals surface area contributed by atoms with Gasteiger partial charge in [-0.05, 0) is 13.3 Å². The second kappa shape index (κ2) is 15.2. The summed E-state index contributed by atoms with van der Waals surface area (Å²) in [5.74, 6) is -0.293. The first-order chi connectivity index (χ1) is 9.31. The van der Waals surface area contributed by atoms with E-state index < -0.39 is 0 Å². The van der Waals surface area contributed by atoms with Crippen molar-refractivity contribution in [2.45, 2.75) is 65.2 Å². The Morgan fingerprint density at radius 3 is 2.21 bits per heavy atom. The maximum atomic E-state index is 11.0. The molecular weight excluding hydrogens is 240 g/mol. The average Bonchev–Trinajstić information content (AvgIpc) is 2.40. The summed E-state index contributed by atoms with van der Waals surface area (Å²) < 4.78 is 10.2. The van der Waals surface area contributed by atoms with E-state index in [4.69, 9.17) is 9.47 Å². The van der Waals surface area contributed by atoms with Gasteiger partial charge in [-0.15, -0.1) is 0 Å². The highest BCUT2D eigenvalue weighted by atomic mass is 16.5. The molecule has 0 spiro atoms. The average molecular weight is 270 g/mol. The maximum Gasteiger partial charge on any atom is 0.330 e. The van der Waals surface area contributed by atoms with Crippen molar-refractivity contribution < 1.29 is 14.3 Å². The smallest absolute Gasteiger partial charge is 0.330 e. The molecule has 0 aliphatic carbocycles. The Kier molecular flexibility index (Phi) is 14.6. The highest BCUT2D eigenvalue weighted by molar-refractivity contribution is 5.81. The van der Waals surface area contributed by atoms with E-state index in [1.54, 1.807) is 13.0 Å². The molecule has 0 fully saturated rings. The molecule has 0 radical (unpaired) electrons. The van der Waals surface area contributed by atoms with Crippen LogP contribution in [0.25, 0.3) is 0 Å². The summed E-state index contributed by atoms with van der Waals surface area (Å²) in [7, 11) is 0. The van der Waals surface area contributed by atoms with Crippen molar-refractivity contribution in [2.24, 2.45) is 0 Å². The van der Waals surface area contributed by atoms with E-state index in [2.05, 4.69) is 6.92 Å². The third-order valence-corrected chi connectivity index (χ3v) is 2.90. The first-order valence-corrected chi connectivity index (χ1v) is 7.72. The first-order valence-electron chi connectivity index (χ1n) is 7.72. The number of rotatable bonds is 13. The van der Waals surface area contributed by atoms with Crippen LogP contribution in [0.3, 0.4) is 0 Å². The van der Waals surface area contributed by atoms with E-state index in [1.165, 1.54) is 51.0 Å². The number of unbranched alkanes of at least 4 members (excludes halogenated alkanes) is 7. The van der Waals surface area contributed by atoms with Crippen LogP contribution in [0.4, 0.5) is 0 Å². The third kappa shape index (κ3) is 15.1. The molecule has 0 aromatic carbocycles. The van der Waals surface area contributed by atoms with Crippen molar-refractivity contribution in [3.63, 3.8) is 0 Å². The number of hydrogen-bond donors (Lipinski definition) is 0. The minimum absolute atomic E-state index is 0.293. The summed E-state index contributed by atoms with van der Waals surface area (Å²) in [6, 6.07) is 0. The monoisotopic (exact) mass is 270 g/mol. The van der Waals surface area contributed by atoms with E-state index in [0.717, 1.165) is 13.0 Å². The third-order valence-electron chi connectivity index (χ3n) is 2.90. The van der Waals surface area contributed by atoms with Gasteiger partial charge in [0.2, 0.25) is 0 Å². The molecule has 19 heavy (non-hydrogen) atoms. The standard InChI is InChI=1S/C16H30O3/c1-3-5-6-7-8-9-10-11-14-18-15-12-13-16(17)19-4-2/h12-13H,3-11,14-15H2,1-2H3/b13-12+. The zero-order chi connectivity index (χ0) is 14.2. The Hall–Kier alpha value is -0.830. The first kappa shape index (κ1) is 18.2. The summed E-state index contributed by atoms with van der Waals surface area (Å²) in [6.07, 6.45) is 13.6. The summed E-state index contributed by atoms with van der Waals surface area (Å²) in [5.41, 5.74) is 0. The summed E-state index contributed by atoms with van der Waals surface area (Å²) >= 11 is 0.